The molecule has 0 aliphatic carbocycles. The van der Waals surface area contributed by atoms with Crippen LogP contribution in [0, 0.1) is 0 Å². The molecule has 1 atom stereocenters. The maximum absolute atomic E-state index is 11.2. The van der Waals surface area contributed by atoms with Gasteiger partial charge in [0.2, 0.25) is 17.2 Å². The molecular weight excluding hydrogens is 542 g/mol. The maximum atomic E-state index is 11.2. The number of piperidine rings is 1. The van der Waals surface area contributed by atoms with Crippen LogP contribution in [0.3, 0.4) is 0 Å². The van der Waals surface area contributed by atoms with E-state index in [2.05, 4.69) is 37.0 Å². The fourth-order valence-electron chi connectivity index (χ4n) is 5.76. The summed E-state index contributed by atoms with van der Waals surface area (Å²) in [6, 6.07) is 18.5. The van der Waals surface area contributed by atoms with Crippen molar-refractivity contribution in [2.75, 3.05) is 56.7 Å². The van der Waals surface area contributed by atoms with Crippen LogP contribution in [-0.2, 0) is 22.5 Å². The Morgan fingerprint density at radius 1 is 1.07 bits per heavy atom. The first-order valence-electron chi connectivity index (χ1n) is 13.9. The molecule has 2 aliphatic heterocycles. The van der Waals surface area contributed by atoms with E-state index in [1.807, 2.05) is 47.0 Å². The average Bonchev–Trinajstić information content (AvgIpc) is 3.44. The van der Waals surface area contributed by atoms with E-state index in [-0.39, 0.29) is 6.54 Å². The summed E-state index contributed by atoms with van der Waals surface area (Å²) < 4.78 is 36.0. The van der Waals surface area contributed by atoms with E-state index in [4.69, 9.17) is 14.6 Å². The number of nitrogens with one attached hydrogen (secondary N) is 2. The smallest absolute Gasteiger partial charge is 0.245 e. The molecule has 4 aromatic rings. The number of nitrogens with zero attached hydrogens (tertiary/aromatic N) is 5. The Morgan fingerprint density at radius 2 is 1.88 bits per heavy atom. The summed E-state index contributed by atoms with van der Waals surface area (Å²) in [4.78, 5) is 9.53. The fraction of sp³-hybridized carbons (Fsp3) is 0.379. The zero-order chi connectivity index (χ0) is 28.2. The van der Waals surface area contributed by atoms with Crippen molar-refractivity contribution in [3.63, 3.8) is 0 Å². The summed E-state index contributed by atoms with van der Waals surface area (Å²) in [6.45, 7) is 6.02. The predicted molar refractivity (Wildman–Crippen MR) is 160 cm³/mol. The Bertz CT molecular complexity index is 1520. The van der Waals surface area contributed by atoms with Gasteiger partial charge >= 0.3 is 0 Å². The topological polar surface area (TPSA) is 116 Å². The van der Waals surface area contributed by atoms with Gasteiger partial charge in [-0.05, 0) is 42.7 Å². The Kier molecular flexibility index (Phi) is 8.44. The molecule has 41 heavy (non-hydrogen) atoms. The molecule has 0 spiro atoms. The molecule has 2 saturated heterocycles. The Morgan fingerprint density at radius 3 is 2.66 bits per heavy atom. The van der Waals surface area contributed by atoms with Crippen molar-refractivity contribution in [2.45, 2.75) is 25.4 Å². The van der Waals surface area contributed by atoms with Crippen LogP contribution in [0.25, 0.3) is 16.8 Å². The van der Waals surface area contributed by atoms with Crippen LogP contribution in [-0.4, -0.2) is 80.8 Å². The van der Waals surface area contributed by atoms with Gasteiger partial charge in [-0.1, -0.05) is 24.3 Å². The minimum Gasteiger partial charge on any atom is -0.494 e. The van der Waals surface area contributed by atoms with Gasteiger partial charge in [-0.3, -0.25) is 9.45 Å². The second-order valence-corrected chi connectivity index (χ2v) is 11.0. The summed E-state index contributed by atoms with van der Waals surface area (Å²) in [5, 5.41) is 8.10. The molecule has 2 aliphatic rings. The summed E-state index contributed by atoms with van der Waals surface area (Å²) >= 11 is -2.10. The number of morpholine rings is 1. The quantitative estimate of drug-likeness (QED) is 0.256. The van der Waals surface area contributed by atoms with Crippen molar-refractivity contribution in [1.82, 2.24) is 24.2 Å². The molecule has 2 aromatic carbocycles. The number of anilines is 3. The molecule has 216 valence electrons. The number of methoxy groups -OCH3 is 1. The van der Waals surface area contributed by atoms with E-state index in [1.165, 1.54) is 0 Å². The van der Waals surface area contributed by atoms with Crippen LogP contribution in [0.5, 0.6) is 5.75 Å². The summed E-state index contributed by atoms with van der Waals surface area (Å²) in [5.74, 6) is 1.15. The lowest BCUT2D eigenvalue weighted by Crippen LogP contribution is -2.49. The minimum absolute atomic E-state index is 0.247. The van der Waals surface area contributed by atoms with Crippen LogP contribution in [0.1, 0.15) is 18.4 Å². The fourth-order valence-corrected chi connectivity index (χ4v) is 6.04. The largest absolute Gasteiger partial charge is 0.494 e. The highest BCUT2D eigenvalue weighted by atomic mass is 32.2. The normalized spacial score (nSPS) is 17.6. The van der Waals surface area contributed by atoms with Crippen LogP contribution < -0.4 is 19.7 Å². The second-order valence-electron chi connectivity index (χ2n) is 10.2. The molecule has 0 bridgehead atoms. The number of rotatable bonds is 9. The monoisotopic (exact) mass is 577 g/mol. The maximum Gasteiger partial charge on any atom is 0.245 e. The average molecular weight is 578 g/mol. The van der Waals surface area contributed by atoms with E-state index in [9.17, 15) is 8.76 Å². The molecule has 0 saturated carbocycles. The highest BCUT2D eigenvalue weighted by molar-refractivity contribution is 7.77. The van der Waals surface area contributed by atoms with Gasteiger partial charge in [-0.25, -0.2) is 18.4 Å². The SMILES string of the molecule is COc1cc(N2CCC(N3CCOCC3)CC2)ccc1Nc1ncc2ccc(-c3ccccc3CNS(=O)O)n2n1. The lowest BCUT2D eigenvalue weighted by Gasteiger charge is -2.40. The van der Waals surface area contributed by atoms with E-state index < -0.39 is 11.3 Å². The molecule has 12 heteroatoms. The van der Waals surface area contributed by atoms with E-state index in [0.29, 0.717) is 12.0 Å². The van der Waals surface area contributed by atoms with Crippen molar-refractivity contribution in [2.24, 2.45) is 0 Å². The van der Waals surface area contributed by atoms with Gasteiger partial charge in [0.15, 0.2) is 0 Å². The van der Waals surface area contributed by atoms with Crippen molar-refractivity contribution in [1.29, 1.82) is 0 Å². The number of fused-ring (bicyclic) bond motifs is 1. The molecule has 6 rings (SSSR count). The van der Waals surface area contributed by atoms with Gasteiger partial charge in [0.05, 0.1) is 43.4 Å². The van der Waals surface area contributed by atoms with Crippen LogP contribution in [0.2, 0.25) is 0 Å². The van der Waals surface area contributed by atoms with Gasteiger partial charge in [0.1, 0.15) is 5.75 Å². The zero-order valence-electron chi connectivity index (χ0n) is 23.0. The van der Waals surface area contributed by atoms with E-state index >= 15 is 0 Å². The molecule has 1 unspecified atom stereocenters. The molecule has 3 N–H and O–H groups in total. The number of ether oxygens (including phenoxy) is 2. The van der Waals surface area contributed by atoms with Gasteiger partial charge in [-0.15, -0.1) is 5.10 Å². The van der Waals surface area contributed by atoms with Crippen molar-refractivity contribution in [3.05, 3.63) is 66.4 Å². The van der Waals surface area contributed by atoms with Crippen molar-refractivity contribution in [3.8, 4) is 17.0 Å². The zero-order valence-corrected chi connectivity index (χ0v) is 23.8. The van der Waals surface area contributed by atoms with Gasteiger partial charge in [-0.2, -0.15) is 0 Å². The third kappa shape index (κ3) is 6.21. The standard InChI is InChI=1S/C29H35N7O4S/c1-39-28-18-23(34-12-10-22(11-13-34)35-14-16-40-17-15-35)6-8-26(28)32-29-30-20-24-7-9-27(36(24)33-29)25-5-3-2-4-21(25)19-31-41(37)38/h2-9,18,20,22,31H,10-17,19H2,1H3,(H,32,33)(H,37,38). The molecule has 4 heterocycles. The highest BCUT2D eigenvalue weighted by Crippen LogP contribution is 2.33. The van der Waals surface area contributed by atoms with Crippen LogP contribution in [0.15, 0.2) is 60.8 Å². The molecule has 2 fully saturated rings. The first kappa shape index (κ1) is 27.6. The minimum atomic E-state index is -2.10. The Balaban J connectivity index is 1.19. The first-order chi connectivity index (χ1) is 20.1. The van der Waals surface area contributed by atoms with Crippen molar-refractivity contribution < 1.29 is 18.2 Å². The predicted octanol–water partition coefficient (Wildman–Crippen LogP) is 3.68. The van der Waals surface area contributed by atoms with E-state index in [1.54, 1.807) is 13.3 Å². The molecule has 0 amide bonds. The Labute approximate surface area is 241 Å². The van der Waals surface area contributed by atoms with Gasteiger partial charge in [0, 0.05) is 56.1 Å². The third-order valence-electron chi connectivity index (χ3n) is 7.90. The molecule has 2 aromatic heterocycles. The third-order valence-corrected chi connectivity index (χ3v) is 8.29. The Hall–Kier alpha value is -3.55. The first-order valence-corrected chi connectivity index (χ1v) is 15.0. The number of hydrogen-bond donors (Lipinski definition) is 3. The lowest BCUT2D eigenvalue weighted by molar-refractivity contribution is 0.0115. The molecular formula is C29H35N7O4S. The summed E-state index contributed by atoms with van der Waals surface area (Å²) in [6.07, 6.45) is 4.06. The van der Waals surface area contributed by atoms with Crippen molar-refractivity contribution >= 4 is 34.1 Å². The van der Waals surface area contributed by atoms with Crippen LogP contribution >= 0.6 is 0 Å². The van der Waals surface area contributed by atoms with E-state index in [0.717, 1.165) is 91.7 Å². The number of benzene rings is 2. The van der Waals surface area contributed by atoms with Gasteiger partial charge < -0.3 is 19.7 Å². The summed E-state index contributed by atoms with van der Waals surface area (Å²) in [5.41, 5.74) is 5.41. The lowest BCUT2D eigenvalue weighted by atomic mass is 10.0. The molecule has 0 radical (unpaired) electrons. The second kappa shape index (κ2) is 12.5. The molecule has 11 nitrogen and oxygen atoms in total. The van der Waals surface area contributed by atoms with Gasteiger partial charge in [0.25, 0.3) is 0 Å². The number of aromatic nitrogens is 3. The highest BCUT2D eigenvalue weighted by Gasteiger charge is 2.26. The van der Waals surface area contributed by atoms with Crippen LogP contribution in [0.4, 0.5) is 17.3 Å². The summed E-state index contributed by atoms with van der Waals surface area (Å²) in [7, 11) is 1.67. The number of hydrogen-bond acceptors (Lipinski definition) is 8.